The van der Waals surface area contributed by atoms with E-state index in [2.05, 4.69) is 10.5 Å². The zero-order chi connectivity index (χ0) is 16.6. The van der Waals surface area contributed by atoms with Gasteiger partial charge in [-0.25, -0.2) is 4.39 Å². The van der Waals surface area contributed by atoms with Crippen molar-refractivity contribution in [1.82, 2.24) is 0 Å². The van der Waals surface area contributed by atoms with Gasteiger partial charge in [0.25, 0.3) is 16.5 Å². The lowest BCUT2D eigenvalue weighted by atomic mass is 10.1. The molecular weight excluding hydrogens is 299 g/mol. The van der Waals surface area contributed by atoms with E-state index in [0.29, 0.717) is 6.42 Å². The van der Waals surface area contributed by atoms with Crippen molar-refractivity contribution in [2.24, 2.45) is 0 Å². The second-order valence-electron chi connectivity index (χ2n) is 5.96. The molecule has 1 rings (SSSR count). The molecule has 1 aromatic carbocycles. The second-order valence-corrected chi connectivity index (χ2v) is 6.16. The highest BCUT2D eigenvalue weighted by molar-refractivity contribution is 5.98. The van der Waals surface area contributed by atoms with Crippen molar-refractivity contribution in [2.45, 2.75) is 71.6 Å². The lowest BCUT2D eigenvalue weighted by molar-refractivity contribution is -0.369. The summed E-state index contributed by atoms with van der Waals surface area (Å²) in [6.45, 7) is 7.76. The zero-order valence-electron chi connectivity index (χ0n) is 13.9. The Morgan fingerprint density at radius 3 is 2.23 bits per heavy atom. The lowest BCUT2D eigenvalue weighted by Crippen LogP contribution is -2.42. The minimum Gasteiger partial charge on any atom is -0.371 e. The third-order valence-corrected chi connectivity index (χ3v) is 3.38. The van der Waals surface area contributed by atoms with E-state index in [4.69, 9.17) is 13.9 Å². The first-order valence-corrected chi connectivity index (χ1v) is 8.22. The van der Waals surface area contributed by atoms with Crippen LogP contribution in [0.25, 0.3) is 0 Å². The molecule has 0 aliphatic carbocycles. The Morgan fingerprint density at radius 1 is 1.09 bits per heavy atom. The van der Waals surface area contributed by atoms with Crippen molar-refractivity contribution < 1.29 is 18.3 Å². The largest absolute Gasteiger partial charge is 0.371 e. The van der Waals surface area contributed by atoms with Gasteiger partial charge in [-0.3, -0.25) is 0 Å². The van der Waals surface area contributed by atoms with Gasteiger partial charge in [-0.05, 0) is 64.7 Å². The molecule has 0 heterocycles. The first-order chi connectivity index (χ1) is 10.4. The predicted octanol–water partition coefficient (Wildman–Crippen LogP) is 4.14. The third-order valence-electron chi connectivity index (χ3n) is 3.07. The maximum absolute atomic E-state index is 13.1. The second kappa shape index (κ2) is 9.40. The van der Waals surface area contributed by atoms with Crippen LogP contribution in [-0.2, 0) is 20.3 Å². The molecule has 0 atom stereocenters. The quantitative estimate of drug-likeness (QED) is 0.367. The van der Waals surface area contributed by atoms with Crippen LogP contribution in [0.2, 0.25) is 0 Å². The summed E-state index contributed by atoms with van der Waals surface area (Å²) in [6, 6.07) is 6.70. The molecule has 0 fully saturated rings. The molecule has 0 unspecified atom stereocenters. The minimum atomic E-state index is -1.08. The van der Waals surface area contributed by atoms with E-state index in [-0.39, 0.29) is 18.0 Å². The Balaban J connectivity index is 2.52. The van der Waals surface area contributed by atoms with Gasteiger partial charge < -0.3 is 13.9 Å². The zero-order valence-corrected chi connectivity index (χ0v) is 14.9. The van der Waals surface area contributed by atoms with Crippen LogP contribution in [0.15, 0.2) is 24.3 Å². The number of halogens is 1. The van der Waals surface area contributed by atoms with Gasteiger partial charge in [0.1, 0.15) is 5.82 Å². The van der Waals surface area contributed by atoms with Crippen molar-refractivity contribution in [3.8, 4) is 0 Å². The highest BCUT2D eigenvalue weighted by Gasteiger charge is 2.33. The summed E-state index contributed by atoms with van der Waals surface area (Å²) in [5.74, 6) is -1.28. The van der Waals surface area contributed by atoms with E-state index in [1.165, 1.54) is 6.07 Å². The summed E-state index contributed by atoms with van der Waals surface area (Å²) in [5, 5.41) is 0. The molecule has 0 amide bonds. The van der Waals surface area contributed by atoms with Crippen LogP contribution in [0.1, 0.15) is 52.5 Å². The number of hydrogen-bond acceptors (Lipinski definition) is 3. The van der Waals surface area contributed by atoms with Crippen LogP contribution < -0.4 is 0 Å². The highest BCUT2D eigenvalue weighted by atomic mass is 28.2. The van der Waals surface area contributed by atoms with Gasteiger partial charge in [-0.2, -0.15) is 0 Å². The van der Waals surface area contributed by atoms with Crippen molar-refractivity contribution in [2.75, 3.05) is 0 Å². The van der Waals surface area contributed by atoms with Crippen molar-refractivity contribution in [1.29, 1.82) is 0 Å². The first-order valence-electron chi connectivity index (χ1n) is 7.81. The number of hydrogen-bond donors (Lipinski definition) is 0. The van der Waals surface area contributed by atoms with Crippen molar-refractivity contribution >= 4 is 10.5 Å². The van der Waals surface area contributed by atoms with Gasteiger partial charge in [0.2, 0.25) is 0 Å². The number of ether oxygens (including phenoxy) is 2. The summed E-state index contributed by atoms with van der Waals surface area (Å²) in [6.07, 6.45) is 3.14. The van der Waals surface area contributed by atoms with E-state index in [1.54, 1.807) is 12.1 Å². The molecule has 0 aliphatic rings. The Labute approximate surface area is 136 Å². The lowest BCUT2D eigenvalue weighted by Gasteiger charge is -2.35. The molecule has 0 bridgehead atoms. The predicted molar refractivity (Wildman–Crippen MR) is 86.0 cm³/mol. The summed E-state index contributed by atoms with van der Waals surface area (Å²) in [5.41, 5.74) is 0.999. The fraction of sp³-hybridized carbons (Fsp3) is 0.647. The smallest absolute Gasteiger partial charge is 0.273 e. The van der Waals surface area contributed by atoms with Crippen LogP contribution in [-0.4, -0.2) is 28.7 Å². The fourth-order valence-electron chi connectivity index (χ4n) is 2.33. The molecule has 5 heteroatoms. The highest BCUT2D eigenvalue weighted by Crippen LogP contribution is 2.26. The average Bonchev–Trinajstić information content (AvgIpc) is 2.42. The average molecular weight is 325 g/mol. The molecule has 0 saturated carbocycles. The Bertz CT molecular complexity index is 428. The number of aryl methyl sites for hydroxylation is 1. The van der Waals surface area contributed by atoms with Gasteiger partial charge in [0.15, 0.2) is 0 Å². The number of unbranched alkanes of at least 4 members (excludes halogenated alkanes) is 1. The molecule has 0 aliphatic heterocycles. The van der Waals surface area contributed by atoms with Gasteiger partial charge >= 0.3 is 0 Å². The van der Waals surface area contributed by atoms with Crippen LogP contribution in [0.3, 0.4) is 0 Å². The molecule has 123 valence electrons. The van der Waals surface area contributed by atoms with Crippen LogP contribution in [0.4, 0.5) is 4.39 Å². The molecule has 3 radical (unpaired) electrons. The molecule has 0 aromatic heterocycles. The monoisotopic (exact) mass is 325 g/mol. The number of rotatable bonds is 10. The fourth-order valence-corrected chi connectivity index (χ4v) is 2.52. The number of benzene rings is 1. The van der Waals surface area contributed by atoms with Gasteiger partial charge in [0, 0.05) is 6.42 Å². The molecule has 0 N–H and O–H groups in total. The third kappa shape index (κ3) is 7.00. The summed E-state index contributed by atoms with van der Waals surface area (Å²) in [7, 11) is 3.09. The Morgan fingerprint density at radius 2 is 1.73 bits per heavy atom. The maximum atomic E-state index is 13.1. The van der Waals surface area contributed by atoms with E-state index in [1.807, 2.05) is 33.8 Å². The topological polar surface area (TPSA) is 27.7 Å². The Kier molecular flexibility index (Phi) is 8.24. The van der Waals surface area contributed by atoms with Crippen LogP contribution in [0.5, 0.6) is 0 Å². The van der Waals surface area contributed by atoms with E-state index >= 15 is 0 Å². The minimum absolute atomic E-state index is 0.0154. The SMILES string of the molecule is CC(C)OC(CCCCc1cccc(F)c1)(O[Si])OC(C)C. The summed E-state index contributed by atoms with van der Waals surface area (Å²) >= 11 is 0. The normalized spacial score (nSPS) is 12.4. The molecule has 0 saturated heterocycles. The summed E-state index contributed by atoms with van der Waals surface area (Å²) < 4.78 is 30.1. The van der Waals surface area contributed by atoms with E-state index in [0.717, 1.165) is 24.8 Å². The van der Waals surface area contributed by atoms with Gasteiger partial charge in [-0.1, -0.05) is 12.1 Å². The van der Waals surface area contributed by atoms with Crippen molar-refractivity contribution in [3.05, 3.63) is 35.6 Å². The Hall–Kier alpha value is -0.753. The molecular formula is C17H26FO3Si. The van der Waals surface area contributed by atoms with Crippen molar-refractivity contribution in [3.63, 3.8) is 0 Å². The standard InChI is InChI=1S/C17H26FO3Si/c1-13(2)19-17(21-22,20-14(3)4)11-6-5-8-15-9-7-10-16(18)12-15/h7,9-10,12-14H,5-6,8,11H2,1-4H3. The first kappa shape index (κ1) is 19.3. The van der Waals surface area contributed by atoms with Gasteiger partial charge in [0.05, 0.1) is 12.2 Å². The van der Waals surface area contributed by atoms with Crippen LogP contribution >= 0.6 is 0 Å². The van der Waals surface area contributed by atoms with E-state index in [9.17, 15) is 4.39 Å². The van der Waals surface area contributed by atoms with Crippen LogP contribution in [0, 0.1) is 5.82 Å². The summed E-state index contributed by atoms with van der Waals surface area (Å²) in [4.78, 5) is 0. The maximum Gasteiger partial charge on any atom is 0.273 e. The molecule has 1 aromatic rings. The van der Waals surface area contributed by atoms with E-state index < -0.39 is 5.97 Å². The molecule has 3 nitrogen and oxygen atoms in total. The molecule has 0 spiro atoms. The molecule has 22 heavy (non-hydrogen) atoms. The van der Waals surface area contributed by atoms with Gasteiger partial charge in [-0.15, -0.1) is 0 Å².